The maximum Gasteiger partial charge on any atom is 4.00 e. The van der Waals surface area contributed by atoms with Crippen molar-refractivity contribution >= 4 is 0 Å². The Hall–Kier alpha value is -2.45. The average Bonchev–Trinajstić information content (AvgIpc) is 2.80. The number of benzene rings is 4. The van der Waals surface area contributed by atoms with Gasteiger partial charge < -0.3 is 5.11 Å². The zero-order valence-electron chi connectivity index (χ0n) is 16.2. The number of rotatable bonds is 0. The van der Waals surface area contributed by atoms with Crippen LogP contribution in [0.4, 0.5) is 0 Å². The van der Waals surface area contributed by atoms with Crippen LogP contribution in [0, 0.1) is 24.3 Å². The molecule has 0 saturated carbocycles. The van der Waals surface area contributed by atoms with E-state index in [0.29, 0.717) is 0 Å². The van der Waals surface area contributed by atoms with Crippen LogP contribution in [0.3, 0.4) is 0 Å². The predicted molar refractivity (Wildman–Crippen MR) is 114 cm³/mol. The van der Waals surface area contributed by atoms with Crippen LogP contribution in [0.15, 0.2) is 121 Å². The van der Waals surface area contributed by atoms with Gasteiger partial charge in [0.05, 0.1) is 0 Å². The van der Waals surface area contributed by atoms with E-state index in [1.807, 2.05) is 121 Å². The first-order valence-corrected chi connectivity index (χ1v) is 8.67. The molecule has 0 aliphatic carbocycles. The first-order valence-electron chi connectivity index (χ1n) is 8.67. The molecule has 4 aromatic rings. The number of hydrogen-bond donors (Lipinski definition) is 1. The van der Waals surface area contributed by atoms with Gasteiger partial charge in [-0.1, -0.05) is 0 Å². The summed E-state index contributed by atoms with van der Waals surface area (Å²) in [5.74, 6) is 0. The summed E-state index contributed by atoms with van der Waals surface area (Å²) >= 11 is 0. The van der Waals surface area contributed by atoms with Crippen molar-refractivity contribution in [3.05, 3.63) is 146 Å². The molecule has 0 aliphatic rings. The maximum atomic E-state index is 7.57. The third kappa shape index (κ3) is 25.8. The van der Waals surface area contributed by atoms with Gasteiger partial charge >= 0.3 is 21.7 Å². The molecule has 0 radical (unpaired) electrons. The molecule has 4 rings (SSSR count). The normalized spacial score (nSPS) is 7.50. The van der Waals surface area contributed by atoms with E-state index >= 15 is 0 Å². The van der Waals surface area contributed by atoms with E-state index in [4.69, 9.17) is 5.11 Å². The SMILES string of the molecule is CCO.[Ti+4].[c-]1ccccc1.[c-]1ccccc1.[c-]1ccccc1.[c-]1ccccc1. The van der Waals surface area contributed by atoms with Crippen molar-refractivity contribution in [1.82, 2.24) is 0 Å². The maximum absolute atomic E-state index is 7.57. The molecular formula is C26H26OTi. The first-order chi connectivity index (χ1) is 13.4. The second kappa shape index (κ2) is 26.8. The fourth-order valence-electron chi connectivity index (χ4n) is 1.37. The van der Waals surface area contributed by atoms with Crippen LogP contribution in [0.1, 0.15) is 6.92 Å². The summed E-state index contributed by atoms with van der Waals surface area (Å²) < 4.78 is 0. The third-order valence-electron chi connectivity index (χ3n) is 2.43. The Labute approximate surface area is 185 Å². The number of hydrogen-bond acceptors (Lipinski definition) is 1. The van der Waals surface area contributed by atoms with Gasteiger partial charge in [-0.25, -0.2) is 0 Å². The summed E-state index contributed by atoms with van der Waals surface area (Å²) in [4.78, 5) is 0. The average molecular weight is 402 g/mol. The smallest absolute Gasteiger partial charge is 0.397 e. The minimum atomic E-state index is 0. The molecular weight excluding hydrogens is 376 g/mol. The van der Waals surface area contributed by atoms with Crippen molar-refractivity contribution in [2.75, 3.05) is 6.61 Å². The van der Waals surface area contributed by atoms with Gasteiger partial charge in [0.1, 0.15) is 0 Å². The van der Waals surface area contributed by atoms with Crippen LogP contribution >= 0.6 is 0 Å². The summed E-state index contributed by atoms with van der Waals surface area (Å²) in [7, 11) is 0. The van der Waals surface area contributed by atoms with E-state index in [2.05, 4.69) is 24.3 Å². The molecule has 0 heterocycles. The molecule has 0 fully saturated rings. The summed E-state index contributed by atoms with van der Waals surface area (Å²) in [6.45, 7) is 1.93. The fourth-order valence-corrected chi connectivity index (χ4v) is 1.37. The molecule has 0 atom stereocenters. The predicted octanol–water partition coefficient (Wildman–Crippen LogP) is 5.94. The summed E-state index contributed by atoms with van der Waals surface area (Å²) in [5.41, 5.74) is 0. The largest absolute Gasteiger partial charge is 4.00 e. The molecule has 140 valence electrons. The van der Waals surface area contributed by atoms with Crippen LogP contribution in [-0.2, 0) is 21.7 Å². The van der Waals surface area contributed by atoms with E-state index in [-0.39, 0.29) is 28.3 Å². The zero-order valence-corrected chi connectivity index (χ0v) is 17.8. The van der Waals surface area contributed by atoms with Crippen molar-refractivity contribution in [3.8, 4) is 0 Å². The zero-order chi connectivity index (χ0) is 19.7. The minimum absolute atomic E-state index is 0. The van der Waals surface area contributed by atoms with Gasteiger partial charge in [-0.05, 0) is 6.92 Å². The summed E-state index contributed by atoms with van der Waals surface area (Å²) in [6, 6.07) is 50.0. The minimum Gasteiger partial charge on any atom is -0.397 e. The second-order valence-corrected chi connectivity index (χ2v) is 4.63. The van der Waals surface area contributed by atoms with Crippen molar-refractivity contribution < 1.29 is 26.8 Å². The van der Waals surface area contributed by atoms with Gasteiger partial charge in [0.15, 0.2) is 0 Å². The molecule has 0 amide bonds. The van der Waals surface area contributed by atoms with Gasteiger partial charge in [-0.2, -0.15) is 146 Å². The first kappa shape index (κ1) is 27.8. The Morgan fingerprint density at radius 1 is 0.429 bits per heavy atom. The van der Waals surface area contributed by atoms with Crippen molar-refractivity contribution in [1.29, 1.82) is 0 Å². The van der Waals surface area contributed by atoms with Gasteiger partial charge in [0, 0.05) is 6.61 Å². The number of aliphatic hydroxyl groups excluding tert-OH is 1. The Bertz CT molecular complexity index is 441. The van der Waals surface area contributed by atoms with Crippen LogP contribution in [0.25, 0.3) is 0 Å². The van der Waals surface area contributed by atoms with Crippen molar-refractivity contribution in [2.24, 2.45) is 0 Å². The van der Waals surface area contributed by atoms with Crippen LogP contribution in [0.2, 0.25) is 0 Å². The Kier molecular flexibility index (Phi) is 26.6. The van der Waals surface area contributed by atoms with Crippen molar-refractivity contribution in [2.45, 2.75) is 6.92 Å². The molecule has 1 N–H and O–H groups in total. The van der Waals surface area contributed by atoms with Gasteiger partial charge in [-0.15, -0.1) is 0 Å². The van der Waals surface area contributed by atoms with E-state index in [0.717, 1.165) is 0 Å². The standard InChI is InChI=1S/4C6H5.C2H6O.Ti/c4*1-2-4-6-5-3-1;1-2-3;/h4*1-5H;3H,2H2,1H3;/q4*-1;;+4. The molecule has 0 aromatic heterocycles. The summed E-state index contributed by atoms with van der Waals surface area (Å²) in [5, 5.41) is 7.57. The molecule has 2 heteroatoms. The molecule has 0 spiro atoms. The topological polar surface area (TPSA) is 20.2 Å². The quantitative estimate of drug-likeness (QED) is 0.285. The van der Waals surface area contributed by atoms with E-state index < -0.39 is 0 Å². The summed E-state index contributed by atoms with van der Waals surface area (Å²) in [6.07, 6.45) is 0. The molecule has 0 aliphatic heterocycles. The van der Waals surface area contributed by atoms with Gasteiger partial charge in [0.2, 0.25) is 0 Å². The van der Waals surface area contributed by atoms with Crippen molar-refractivity contribution in [3.63, 3.8) is 0 Å². The molecule has 28 heavy (non-hydrogen) atoms. The third-order valence-corrected chi connectivity index (χ3v) is 2.43. The monoisotopic (exact) mass is 402 g/mol. The Morgan fingerprint density at radius 2 is 0.571 bits per heavy atom. The van der Waals surface area contributed by atoms with Crippen LogP contribution in [0.5, 0.6) is 0 Å². The Morgan fingerprint density at radius 3 is 0.607 bits per heavy atom. The molecule has 1 nitrogen and oxygen atoms in total. The van der Waals surface area contributed by atoms with Gasteiger partial charge in [-0.3, -0.25) is 0 Å². The Balaban J connectivity index is 0. The molecule has 4 aromatic carbocycles. The second-order valence-electron chi connectivity index (χ2n) is 4.63. The van der Waals surface area contributed by atoms with E-state index in [1.165, 1.54) is 0 Å². The molecule has 0 saturated heterocycles. The fraction of sp³-hybridized carbons (Fsp3) is 0.0769. The van der Waals surface area contributed by atoms with Crippen LogP contribution < -0.4 is 0 Å². The molecule has 0 bridgehead atoms. The number of aliphatic hydroxyl groups is 1. The van der Waals surface area contributed by atoms with E-state index in [1.54, 1.807) is 6.92 Å². The van der Waals surface area contributed by atoms with Crippen LogP contribution in [-0.4, -0.2) is 11.7 Å². The molecule has 0 unspecified atom stereocenters. The van der Waals surface area contributed by atoms with Gasteiger partial charge in [0.25, 0.3) is 0 Å². The van der Waals surface area contributed by atoms with E-state index in [9.17, 15) is 0 Å².